The minimum atomic E-state index is -0.0131. The molecular weight excluding hydrogens is 166 g/mol. The van der Waals surface area contributed by atoms with Crippen molar-refractivity contribution in [2.45, 2.75) is 25.6 Å². The number of rotatable bonds is 5. The molecule has 2 atom stereocenters. The van der Waals surface area contributed by atoms with Crippen molar-refractivity contribution in [1.29, 1.82) is 0 Å². The highest BCUT2D eigenvalue weighted by molar-refractivity contribution is 4.80. The van der Waals surface area contributed by atoms with Crippen LogP contribution >= 0.6 is 0 Å². The third kappa shape index (κ3) is 2.66. The minimum absolute atomic E-state index is 0.0131. The zero-order chi connectivity index (χ0) is 9.68. The predicted molar refractivity (Wildman–Crippen MR) is 52.6 cm³/mol. The molecule has 1 saturated carbocycles. The van der Waals surface area contributed by atoms with Crippen LogP contribution in [0.25, 0.3) is 0 Å². The van der Waals surface area contributed by atoms with Crippen molar-refractivity contribution in [3.8, 4) is 0 Å². The van der Waals surface area contributed by atoms with E-state index in [1.54, 1.807) is 14.2 Å². The first kappa shape index (κ1) is 11.0. The first-order valence-electron chi connectivity index (χ1n) is 5.03. The van der Waals surface area contributed by atoms with Crippen LogP contribution in [0.4, 0.5) is 0 Å². The fourth-order valence-corrected chi connectivity index (χ4v) is 2.39. The molecule has 0 unspecified atom stereocenters. The van der Waals surface area contributed by atoms with Gasteiger partial charge < -0.3 is 14.8 Å². The Morgan fingerprint density at radius 1 is 1.31 bits per heavy atom. The number of hydrogen-bond acceptors (Lipinski definition) is 3. The summed E-state index contributed by atoms with van der Waals surface area (Å²) in [5.74, 6) is 1.29. The van der Waals surface area contributed by atoms with Crippen LogP contribution in [0.2, 0.25) is 0 Å². The maximum absolute atomic E-state index is 5.31. The predicted octanol–water partition coefficient (Wildman–Crippen LogP) is 1.24. The van der Waals surface area contributed by atoms with Crippen LogP contribution < -0.4 is 5.32 Å². The van der Waals surface area contributed by atoms with Crippen LogP contribution in [-0.2, 0) is 9.47 Å². The fourth-order valence-electron chi connectivity index (χ4n) is 2.39. The smallest absolute Gasteiger partial charge is 0.159 e. The minimum Gasteiger partial charge on any atom is -0.356 e. The summed E-state index contributed by atoms with van der Waals surface area (Å²) in [7, 11) is 5.45. The highest BCUT2D eigenvalue weighted by Gasteiger charge is 2.33. The summed E-state index contributed by atoms with van der Waals surface area (Å²) in [4.78, 5) is 0. The largest absolute Gasteiger partial charge is 0.356 e. The molecule has 1 aliphatic carbocycles. The summed E-state index contributed by atoms with van der Waals surface area (Å²) in [6.07, 6.45) is 3.83. The quantitative estimate of drug-likeness (QED) is 0.657. The lowest BCUT2D eigenvalue weighted by Crippen LogP contribution is -2.32. The second kappa shape index (κ2) is 5.58. The van der Waals surface area contributed by atoms with Crippen LogP contribution in [0, 0.1) is 11.8 Å². The Hall–Kier alpha value is -0.120. The van der Waals surface area contributed by atoms with Crippen molar-refractivity contribution in [2.24, 2.45) is 11.8 Å². The average molecular weight is 187 g/mol. The van der Waals surface area contributed by atoms with Gasteiger partial charge in [0.1, 0.15) is 0 Å². The van der Waals surface area contributed by atoms with Crippen molar-refractivity contribution in [3.05, 3.63) is 0 Å². The highest BCUT2D eigenvalue weighted by Crippen LogP contribution is 2.34. The average Bonchev–Trinajstić information content (AvgIpc) is 2.57. The Labute approximate surface area is 80.8 Å². The molecule has 13 heavy (non-hydrogen) atoms. The molecule has 0 bridgehead atoms. The molecule has 1 aliphatic rings. The van der Waals surface area contributed by atoms with E-state index in [9.17, 15) is 0 Å². The van der Waals surface area contributed by atoms with Crippen molar-refractivity contribution in [3.63, 3.8) is 0 Å². The van der Waals surface area contributed by atoms with E-state index in [-0.39, 0.29) is 6.29 Å². The summed E-state index contributed by atoms with van der Waals surface area (Å²) in [6, 6.07) is 0. The summed E-state index contributed by atoms with van der Waals surface area (Å²) >= 11 is 0. The molecule has 0 aromatic heterocycles. The van der Waals surface area contributed by atoms with Crippen LogP contribution in [0.5, 0.6) is 0 Å². The molecule has 3 heteroatoms. The van der Waals surface area contributed by atoms with E-state index in [4.69, 9.17) is 9.47 Å². The number of methoxy groups -OCH3 is 2. The molecular formula is C10H21NO2. The normalized spacial score (nSPS) is 28.6. The highest BCUT2D eigenvalue weighted by atomic mass is 16.7. The van der Waals surface area contributed by atoms with E-state index in [1.165, 1.54) is 19.3 Å². The zero-order valence-electron chi connectivity index (χ0n) is 8.88. The molecule has 78 valence electrons. The second-order valence-electron chi connectivity index (χ2n) is 3.75. The van der Waals surface area contributed by atoms with Crippen LogP contribution in [0.1, 0.15) is 19.3 Å². The standard InChI is InChI=1S/C10H21NO2/c1-11-7-8-5-4-6-9(8)10(12-2)13-3/h8-11H,4-7H2,1-3H3/t8-,9+/m0/s1. The number of nitrogens with one attached hydrogen (secondary N) is 1. The lowest BCUT2D eigenvalue weighted by atomic mass is 9.95. The van der Waals surface area contributed by atoms with E-state index in [1.807, 2.05) is 7.05 Å². The van der Waals surface area contributed by atoms with Crippen LogP contribution in [0.15, 0.2) is 0 Å². The number of ether oxygens (including phenoxy) is 2. The monoisotopic (exact) mass is 187 g/mol. The fraction of sp³-hybridized carbons (Fsp3) is 1.00. The zero-order valence-corrected chi connectivity index (χ0v) is 8.88. The molecule has 0 saturated heterocycles. The SMILES string of the molecule is CNC[C@@H]1CCC[C@H]1C(OC)OC. The molecule has 1 N–H and O–H groups in total. The van der Waals surface area contributed by atoms with Gasteiger partial charge in [-0.3, -0.25) is 0 Å². The Balaban J connectivity index is 2.45. The molecule has 0 radical (unpaired) electrons. The summed E-state index contributed by atoms with van der Waals surface area (Å²) < 4.78 is 10.6. The maximum Gasteiger partial charge on any atom is 0.159 e. The Kier molecular flexibility index (Phi) is 4.70. The van der Waals surface area contributed by atoms with Gasteiger partial charge >= 0.3 is 0 Å². The van der Waals surface area contributed by atoms with Crippen molar-refractivity contribution < 1.29 is 9.47 Å². The summed E-state index contributed by atoms with van der Waals surface area (Å²) in [5.41, 5.74) is 0. The van der Waals surface area contributed by atoms with Crippen molar-refractivity contribution in [1.82, 2.24) is 5.32 Å². The van der Waals surface area contributed by atoms with Gasteiger partial charge in [0, 0.05) is 20.1 Å². The van der Waals surface area contributed by atoms with E-state index < -0.39 is 0 Å². The van der Waals surface area contributed by atoms with Gasteiger partial charge in [0.2, 0.25) is 0 Å². The number of hydrogen-bond donors (Lipinski definition) is 1. The first-order chi connectivity index (χ1) is 6.33. The molecule has 0 aliphatic heterocycles. The molecule has 1 rings (SSSR count). The Morgan fingerprint density at radius 3 is 2.54 bits per heavy atom. The van der Waals surface area contributed by atoms with Crippen LogP contribution in [0.3, 0.4) is 0 Å². The van der Waals surface area contributed by atoms with Gasteiger partial charge in [-0.2, -0.15) is 0 Å². The van der Waals surface area contributed by atoms with Gasteiger partial charge in [0.25, 0.3) is 0 Å². The lowest BCUT2D eigenvalue weighted by Gasteiger charge is -2.26. The Bertz CT molecular complexity index is 137. The van der Waals surface area contributed by atoms with Crippen molar-refractivity contribution in [2.75, 3.05) is 27.8 Å². The topological polar surface area (TPSA) is 30.5 Å². The second-order valence-corrected chi connectivity index (χ2v) is 3.75. The van der Waals surface area contributed by atoms with E-state index >= 15 is 0 Å². The molecule has 3 nitrogen and oxygen atoms in total. The van der Waals surface area contributed by atoms with E-state index in [2.05, 4.69) is 5.32 Å². The molecule has 0 spiro atoms. The summed E-state index contributed by atoms with van der Waals surface area (Å²) in [6.45, 7) is 1.08. The van der Waals surface area contributed by atoms with Gasteiger partial charge in [-0.15, -0.1) is 0 Å². The molecule has 0 aromatic rings. The molecule has 0 amide bonds. The van der Waals surface area contributed by atoms with Gasteiger partial charge in [-0.05, 0) is 32.4 Å². The van der Waals surface area contributed by atoms with Gasteiger partial charge in [-0.1, -0.05) is 6.42 Å². The Morgan fingerprint density at radius 2 is 2.00 bits per heavy atom. The maximum atomic E-state index is 5.31. The lowest BCUT2D eigenvalue weighted by molar-refractivity contribution is -0.144. The van der Waals surface area contributed by atoms with E-state index in [0.29, 0.717) is 5.92 Å². The molecule has 0 heterocycles. The summed E-state index contributed by atoms with van der Waals surface area (Å²) in [5, 5.41) is 3.23. The molecule has 1 fully saturated rings. The molecule has 0 aromatic carbocycles. The third-order valence-corrected chi connectivity index (χ3v) is 3.00. The van der Waals surface area contributed by atoms with Crippen LogP contribution in [-0.4, -0.2) is 34.1 Å². The van der Waals surface area contributed by atoms with Gasteiger partial charge in [0.05, 0.1) is 0 Å². The van der Waals surface area contributed by atoms with Crippen molar-refractivity contribution >= 4 is 0 Å². The van der Waals surface area contributed by atoms with E-state index in [0.717, 1.165) is 12.5 Å². The third-order valence-electron chi connectivity index (χ3n) is 3.00. The first-order valence-corrected chi connectivity index (χ1v) is 5.03. The van der Waals surface area contributed by atoms with Gasteiger partial charge in [-0.25, -0.2) is 0 Å². The van der Waals surface area contributed by atoms with Gasteiger partial charge in [0.15, 0.2) is 6.29 Å².